The third-order valence-corrected chi connectivity index (χ3v) is 8.33. The summed E-state index contributed by atoms with van der Waals surface area (Å²) in [7, 11) is 0. The highest BCUT2D eigenvalue weighted by molar-refractivity contribution is 5.96. The monoisotopic (exact) mass is 519 g/mol. The van der Waals surface area contributed by atoms with Crippen molar-refractivity contribution in [3.8, 4) is 0 Å². The number of benzene rings is 1. The van der Waals surface area contributed by atoms with E-state index in [2.05, 4.69) is 39.3 Å². The van der Waals surface area contributed by atoms with Gasteiger partial charge in [-0.2, -0.15) is 5.10 Å². The smallest absolute Gasteiger partial charge is 0.272 e. The Kier molecular flexibility index (Phi) is 9.94. The molecule has 0 bridgehead atoms. The summed E-state index contributed by atoms with van der Waals surface area (Å²) in [4.78, 5) is 15.3. The van der Waals surface area contributed by atoms with Crippen molar-refractivity contribution in [2.45, 2.75) is 77.3 Å². The number of hydrogen-bond acceptors (Lipinski definition) is 5. The lowest BCUT2D eigenvalue weighted by atomic mass is 9.61. The fourth-order valence-electron chi connectivity index (χ4n) is 6.13. The van der Waals surface area contributed by atoms with E-state index in [1.54, 1.807) is 6.08 Å². The maximum atomic E-state index is 12.8. The number of amides is 1. The minimum Gasteiger partial charge on any atom is -0.372 e. The molecule has 7 nitrogen and oxygen atoms in total. The molecule has 4 aliphatic rings. The second-order valence-corrected chi connectivity index (χ2v) is 10.3. The van der Waals surface area contributed by atoms with Crippen LogP contribution in [0.2, 0.25) is 0 Å². The number of aromatic nitrogens is 2. The van der Waals surface area contributed by atoms with E-state index in [1.807, 2.05) is 62.0 Å². The van der Waals surface area contributed by atoms with Gasteiger partial charge in [0.25, 0.3) is 5.91 Å². The summed E-state index contributed by atoms with van der Waals surface area (Å²) in [6.45, 7) is 15.5. The second kappa shape index (κ2) is 13.4. The first kappa shape index (κ1) is 28.3. The van der Waals surface area contributed by atoms with Crippen LogP contribution in [0.1, 0.15) is 68.1 Å². The molecule has 1 aromatic carbocycles. The van der Waals surface area contributed by atoms with Gasteiger partial charge >= 0.3 is 0 Å². The third kappa shape index (κ3) is 6.11. The Morgan fingerprint density at radius 3 is 2.66 bits per heavy atom. The Labute approximate surface area is 228 Å². The zero-order valence-corrected chi connectivity index (χ0v) is 23.4. The average Bonchev–Trinajstić information content (AvgIpc) is 3.62. The van der Waals surface area contributed by atoms with Crippen LogP contribution in [0, 0.1) is 5.92 Å². The van der Waals surface area contributed by atoms with Gasteiger partial charge in [0.2, 0.25) is 0 Å². The molecular formula is C31H45N5O2. The van der Waals surface area contributed by atoms with E-state index < -0.39 is 0 Å². The predicted octanol–water partition coefficient (Wildman–Crippen LogP) is 4.66. The molecule has 1 saturated carbocycles. The van der Waals surface area contributed by atoms with Crippen LogP contribution in [-0.2, 0) is 17.9 Å². The van der Waals surface area contributed by atoms with Gasteiger partial charge in [-0.3, -0.25) is 14.4 Å². The highest BCUT2D eigenvalue weighted by Crippen LogP contribution is 2.57. The molecule has 1 aromatic heterocycles. The molecule has 6 rings (SSSR count). The van der Waals surface area contributed by atoms with Crippen molar-refractivity contribution in [3.05, 3.63) is 72.1 Å². The van der Waals surface area contributed by atoms with Crippen molar-refractivity contribution in [1.82, 2.24) is 25.3 Å². The molecule has 0 radical (unpaired) electrons. The first-order valence-corrected chi connectivity index (χ1v) is 14.4. The lowest BCUT2D eigenvalue weighted by molar-refractivity contribution is -0.0676. The second-order valence-electron chi connectivity index (χ2n) is 10.3. The van der Waals surface area contributed by atoms with Crippen LogP contribution in [-0.4, -0.2) is 64.5 Å². The van der Waals surface area contributed by atoms with Gasteiger partial charge in [0.1, 0.15) is 0 Å². The van der Waals surface area contributed by atoms with Crippen LogP contribution in [0.15, 0.2) is 55.3 Å². The largest absolute Gasteiger partial charge is 0.372 e. The normalized spacial score (nSPS) is 27.1. The number of nitrogens with zero attached hydrogens (tertiary/aromatic N) is 3. The number of aryl methyl sites for hydroxylation is 1. The van der Waals surface area contributed by atoms with Crippen molar-refractivity contribution in [2.24, 2.45) is 5.92 Å². The molecule has 3 aliphatic heterocycles. The number of rotatable bonds is 8. The topological polar surface area (TPSA) is 71.4 Å². The van der Waals surface area contributed by atoms with E-state index in [-0.39, 0.29) is 11.9 Å². The van der Waals surface area contributed by atoms with Crippen LogP contribution < -0.4 is 10.6 Å². The Morgan fingerprint density at radius 2 is 2.08 bits per heavy atom. The molecular weight excluding hydrogens is 474 g/mol. The molecule has 1 spiro atoms. The number of carbonyl (C=O) groups is 1. The first-order chi connectivity index (χ1) is 18.6. The molecule has 1 amide bonds. The summed E-state index contributed by atoms with van der Waals surface area (Å²) in [5, 5.41) is 11.0. The van der Waals surface area contributed by atoms with E-state index >= 15 is 0 Å². The number of allylic oxidation sites excluding steroid dienone is 2. The van der Waals surface area contributed by atoms with E-state index in [1.165, 1.54) is 31.4 Å². The predicted molar refractivity (Wildman–Crippen MR) is 154 cm³/mol. The molecule has 38 heavy (non-hydrogen) atoms. The highest BCUT2D eigenvalue weighted by atomic mass is 16.5. The Balaban J connectivity index is 0.000000190. The van der Waals surface area contributed by atoms with Gasteiger partial charge in [-0.25, -0.2) is 0 Å². The molecule has 4 heterocycles. The molecule has 206 valence electrons. The number of ether oxygens (including phenoxy) is 1. The molecule has 3 saturated heterocycles. The van der Waals surface area contributed by atoms with Crippen LogP contribution in [0.3, 0.4) is 0 Å². The summed E-state index contributed by atoms with van der Waals surface area (Å²) in [5.41, 5.74) is 3.07. The minimum absolute atomic E-state index is 0.0459. The summed E-state index contributed by atoms with van der Waals surface area (Å²) < 4.78 is 7.54. The van der Waals surface area contributed by atoms with Crippen LogP contribution in [0.25, 0.3) is 6.08 Å². The lowest BCUT2D eigenvalue weighted by Gasteiger charge is -2.58. The zero-order chi connectivity index (χ0) is 27.0. The fourth-order valence-corrected chi connectivity index (χ4v) is 6.13. The summed E-state index contributed by atoms with van der Waals surface area (Å²) in [6, 6.07) is 10.6. The van der Waals surface area contributed by atoms with Crippen LogP contribution in [0.4, 0.5) is 0 Å². The summed E-state index contributed by atoms with van der Waals surface area (Å²) in [5.74, 6) is 0.594. The molecule has 1 aliphatic carbocycles. The number of hydrogen-bond donors (Lipinski definition) is 2. The van der Waals surface area contributed by atoms with Gasteiger partial charge in [0.05, 0.1) is 12.7 Å². The van der Waals surface area contributed by atoms with E-state index in [4.69, 9.17) is 4.74 Å². The number of carbonyl (C=O) groups excluding carboxylic acids is 1. The van der Waals surface area contributed by atoms with Crippen molar-refractivity contribution in [2.75, 3.05) is 26.2 Å². The zero-order valence-electron chi connectivity index (χ0n) is 23.4. The molecule has 2 aromatic rings. The van der Waals surface area contributed by atoms with Gasteiger partial charge in [-0.1, -0.05) is 69.0 Å². The van der Waals surface area contributed by atoms with Crippen molar-refractivity contribution in [1.29, 1.82) is 0 Å². The molecule has 4 fully saturated rings. The van der Waals surface area contributed by atoms with Gasteiger partial charge in [-0.15, -0.1) is 0 Å². The Morgan fingerprint density at radius 1 is 1.26 bits per heavy atom. The molecule has 4 atom stereocenters. The van der Waals surface area contributed by atoms with Crippen molar-refractivity contribution < 1.29 is 9.53 Å². The SMILES string of the molecule is C=C/C=C\c1cn(CC)nc1C(=O)NC1CN2CCC23CCC13.CC.c1ccc(COC2CCNC2)cc1. The van der Waals surface area contributed by atoms with Crippen molar-refractivity contribution >= 4 is 12.0 Å². The van der Waals surface area contributed by atoms with E-state index in [0.29, 0.717) is 23.3 Å². The summed E-state index contributed by atoms with van der Waals surface area (Å²) >= 11 is 0. The minimum atomic E-state index is -0.0459. The molecule has 7 heteroatoms. The van der Waals surface area contributed by atoms with Crippen molar-refractivity contribution in [3.63, 3.8) is 0 Å². The quantitative estimate of drug-likeness (QED) is 0.497. The maximum absolute atomic E-state index is 12.8. The van der Waals surface area contributed by atoms with E-state index in [9.17, 15) is 4.79 Å². The van der Waals surface area contributed by atoms with Gasteiger partial charge < -0.3 is 15.4 Å². The Bertz CT molecular complexity index is 1070. The Hall–Kier alpha value is -2.74. The van der Waals surface area contributed by atoms with Gasteiger partial charge in [-0.05, 0) is 50.6 Å². The fraction of sp³-hybridized carbons (Fsp3) is 0.548. The number of nitrogens with one attached hydrogen (secondary N) is 2. The van der Waals surface area contributed by atoms with Crippen LogP contribution in [0.5, 0.6) is 0 Å². The van der Waals surface area contributed by atoms with Gasteiger partial charge in [0.15, 0.2) is 5.69 Å². The lowest BCUT2D eigenvalue weighted by Crippen LogP contribution is -2.64. The highest BCUT2D eigenvalue weighted by Gasteiger charge is 2.63. The maximum Gasteiger partial charge on any atom is 0.272 e. The van der Waals surface area contributed by atoms with Crippen LogP contribution >= 0.6 is 0 Å². The average molecular weight is 520 g/mol. The standard InChI is InChI=1S/C18H24N4O.C11H15NO.C2H6/c1-3-5-6-13-11-22(4-2)20-16(13)17(23)19-15-12-21-10-9-18(21)8-7-14(15)18;1-2-4-10(5-3-1)9-13-11-6-7-12-8-11;1-2/h3,5-6,11,14-15H,1,4,7-10,12H2,2H3,(H,19,23);1-5,11-12H,6-9H2;1-2H3/b6-5-;;. The van der Waals surface area contributed by atoms with Gasteiger partial charge in [0, 0.05) is 49.5 Å². The first-order valence-electron chi connectivity index (χ1n) is 14.4. The molecule has 4 unspecified atom stereocenters. The summed E-state index contributed by atoms with van der Waals surface area (Å²) in [6.07, 6.45) is 12.8. The third-order valence-electron chi connectivity index (χ3n) is 8.33. The van der Waals surface area contributed by atoms with E-state index in [0.717, 1.165) is 44.8 Å². The molecule has 2 N–H and O–H groups in total.